The second-order valence-corrected chi connectivity index (χ2v) is 7.71. The minimum Gasteiger partial charge on any atom is -0.356 e. The smallest absolute Gasteiger partial charge is 0.135 e. The molecule has 0 N–H and O–H groups in total. The summed E-state index contributed by atoms with van der Waals surface area (Å²) < 4.78 is 0. The van der Waals surface area contributed by atoms with Crippen LogP contribution in [0, 0.1) is 6.92 Å². The SMILES string of the molecule is Cc1nc(N2CCCC2)c2c(n1)C1(CCC2)CCc2ccccc21. The highest BCUT2D eigenvalue weighted by molar-refractivity contribution is 5.57. The minimum atomic E-state index is 0.145. The van der Waals surface area contributed by atoms with Gasteiger partial charge in [-0.3, -0.25) is 0 Å². The van der Waals surface area contributed by atoms with Gasteiger partial charge in [0.25, 0.3) is 0 Å². The third kappa shape index (κ3) is 1.96. The van der Waals surface area contributed by atoms with Crippen LogP contribution in [0.1, 0.15) is 60.3 Å². The van der Waals surface area contributed by atoms with E-state index in [0.717, 1.165) is 25.3 Å². The summed E-state index contributed by atoms with van der Waals surface area (Å²) in [4.78, 5) is 12.4. The zero-order chi connectivity index (χ0) is 16.1. The molecule has 1 fully saturated rings. The maximum absolute atomic E-state index is 5.04. The summed E-state index contributed by atoms with van der Waals surface area (Å²) in [6.07, 6.45) is 8.65. The Bertz CT molecular complexity index is 792. The molecule has 0 bridgehead atoms. The van der Waals surface area contributed by atoms with Crippen molar-refractivity contribution in [1.29, 1.82) is 0 Å². The standard InChI is InChI=1S/C21H25N3/c1-15-22-19-17(20(23-15)24-13-4-5-14-24)8-6-11-21(19)12-10-16-7-2-3-9-18(16)21/h2-3,7,9H,4-6,8,10-14H2,1H3. The molecule has 1 aromatic heterocycles. The van der Waals surface area contributed by atoms with E-state index in [2.05, 4.69) is 36.1 Å². The highest BCUT2D eigenvalue weighted by atomic mass is 15.2. The monoisotopic (exact) mass is 319 g/mol. The van der Waals surface area contributed by atoms with Gasteiger partial charge in [-0.2, -0.15) is 0 Å². The van der Waals surface area contributed by atoms with Crippen LogP contribution in [0.15, 0.2) is 24.3 Å². The molecule has 1 saturated heterocycles. The molecular weight excluding hydrogens is 294 g/mol. The molecule has 0 saturated carbocycles. The molecule has 5 rings (SSSR count). The fourth-order valence-electron chi connectivity index (χ4n) is 5.28. The van der Waals surface area contributed by atoms with Crippen LogP contribution in [0.2, 0.25) is 0 Å². The first-order chi connectivity index (χ1) is 11.8. The number of aryl methyl sites for hydroxylation is 2. The Balaban J connectivity index is 1.72. The number of hydrogen-bond donors (Lipinski definition) is 0. The van der Waals surface area contributed by atoms with Crippen LogP contribution in [0.3, 0.4) is 0 Å². The first-order valence-electron chi connectivity index (χ1n) is 9.49. The van der Waals surface area contributed by atoms with Crippen molar-refractivity contribution in [1.82, 2.24) is 9.97 Å². The Morgan fingerprint density at radius 1 is 0.958 bits per heavy atom. The number of benzene rings is 1. The molecule has 1 atom stereocenters. The Labute approximate surface area is 144 Å². The third-order valence-corrected chi connectivity index (χ3v) is 6.34. The van der Waals surface area contributed by atoms with Gasteiger partial charge in [0.2, 0.25) is 0 Å². The zero-order valence-electron chi connectivity index (χ0n) is 14.5. The molecule has 1 aliphatic heterocycles. The predicted octanol–water partition coefficient (Wildman–Crippen LogP) is 3.95. The summed E-state index contributed by atoms with van der Waals surface area (Å²) in [6, 6.07) is 9.05. The second kappa shape index (κ2) is 5.30. The van der Waals surface area contributed by atoms with E-state index in [0.29, 0.717) is 0 Å². The maximum atomic E-state index is 5.04. The average molecular weight is 319 g/mol. The van der Waals surface area contributed by atoms with Crippen LogP contribution < -0.4 is 4.90 Å². The highest BCUT2D eigenvalue weighted by Gasteiger charge is 2.45. The molecule has 124 valence electrons. The van der Waals surface area contributed by atoms with Gasteiger partial charge in [-0.1, -0.05) is 24.3 Å². The van der Waals surface area contributed by atoms with Crippen molar-refractivity contribution in [2.75, 3.05) is 18.0 Å². The third-order valence-electron chi connectivity index (χ3n) is 6.34. The minimum absolute atomic E-state index is 0.145. The maximum Gasteiger partial charge on any atom is 0.135 e. The summed E-state index contributed by atoms with van der Waals surface area (Å²) in [5, 5.41) is 0. The molecule has 2 aliphatic carbocycles. The lowest BCUT2D eigenvalue weighted by molar-refractivity contribution is 0.410. The van der Waals surface area contributed by atoms with Crippen LogP contribution >= 0.6 is 0 Å². The lowest BCUT2D eigenvalue weighted by atomic mass is 9.69. The predicted molar refractivity (Wildman–Crippen MR) is 96.7 cm³/mol. The normalized spacial score (nSPS) is 25.1. The van der Waals surface area contributed by atoms with Crippen molar-refractivity contribution < 1.29 is 0 Å². The first-order valence-corrected chi connectivity index (χ1v) is 9.49. The number of hydrogen-bond acceptors (Lipinski definition) is 3. The van der Waals surface area contributed by atoms with E-state index in [-0.39, 0.29) is 5.41 Å². The van der Waals surface area contributed by atoms with Crippen LogP contribution in [-0.2, 0) is 18.3 Å². The van der Waals surface area contributed by atoms with Crippen molar-refractivity contribution >= 4 is 5.82 Å². The van der Waals surface area contributed by atoms with Crippen LogP contribution in [0.5, 0.6) is 0 Å². The molecule has 2 heterocycles. The van der Waals surface area contributed by atoms with E-state index in [1.807, 2.05) is 0 Å². The van der Waals surface area contributed by atoms with Crippen LogP contribution in [-0.4, -0.2) is 23.1 Å². The topological polar surface area (TPSA) is 29.0 Å². The summed E-state index contributed by atoms with van der Waals surface area (Å²) in [7, 11) is 0. The van der Waals surface area contributed by atoms with E-state index < -0.39 is 0 Å². The molecule has 0 amide bonds. The molecule has 3 nitrogen and oxygen atoms in total. The average Bonchev–Trinajstić information content (AvgIpc) is 3.25. The first kappa shape index (κ1) is 14.4. The summed E-state index contributed by atoms with van der Waals surface area (Å²) in [5.74, 6) is 2.19. The van der Waals surface area contributed by atoms with E-state index >= 15 is 0 Å². The molecule has 1 aromatic carbocycles. The quantitative estimate of drug-likeness (QED) is 0.797. The second-order valence-electron chi connectivity index (χ2n) is 7.71. The number of aromatic nitrogens is 2. The van der Waals surface area contributed by atoms with Crippen molar-refractivity contribution in [3.63, 3.8) is 0 Å². The molecule has 3 heteroatoms. The lowest BCUT2D eigenvalue weighted by Crippen LogP contribution is -2.34. The Hall–Kier alpha value is -1.90. The largest absolute Gasteiger partial charge is 0.356 e. The molecule has 1 spiro atoms. The molecule has 0 radical (unpaired) electrons. The van der Waals surface area contributed by atoms with E-state index in [1.54, 1.807) is 0 Å². The molecule has 1 unspecified atom stereocenters. The number of nitrogens with zero attached hydrogens (tertiary/aromatic N) is 3. The molecule has 2 aromatic rings. The summed E-state index contributed by atoms with van der Waals surface area (Å²) >= 11 is 0. The Morgan fingerprint density at radius 3 is 2.67 bits per heavy atom. The van der Waals surface area contributed by atoms with Crippen molar-refractivity contribution in [2.24, 2.45) is 0 Å². The van der Waals surface area contributed by atoms with Gasteiger partial charge in [0, 0.05) is 24.1 Å². The molecular formula is C21H25N3. The van der Waals surface area contributed by atoms with Gasteiger partial charge in [0.15, 0.2) is 0 Å². The number of anilines is 1. The van der Waals surface area contributed by atoms with E-state index in [4.69, 9.17) is 9.97 Å². The van der Waals surface area contributed by atoms with Gasteiger partial charge in [0.1, 0.15) is 11.6 Å². The van der Waals surface area contributed by atoms with Crippen LogP contribution in [0.25, 0.3) is 0 Å². The number of rotatable bonds is 1. The Kier molecular flexibility index (Phi) is 3.19. The Morgan fingerprint density at radius 2 is 1.79 bits per heavy atom. The summed E-state index contributed by atoms with van der Waals surface area (Å²) in [5.41, 5.74) is 6.02. The summed E-state index contributed by atoms with van der Waals surface area (Å²) in [6.45, 7) is 4.39. The lowest BCUT2D eigenvalue weighted by Gasteiger charge is -2.37. The van der Waals surface area contributed by atoms with Crippen molar-refractivity contribution in [3.8, 4) is 0 Å². The molecule has 24 heavy (non-hydrogen) atoms. The van der Waals surface area contributed by atoms with Gasteiger partial charge in [-0.05, 0) is 63.0 Å². The van der Waals surface area contributed by atoms with E-state index in [1.165, 1.54) is 66.7 Å². The van der Waals surface area contributed by atoms with Gasteiger partial charge in [0.05, 0.1) is 5.69 Å². The van der Waals surface area contributed by atoms with Gasteiger partial charge in [-0.15, -0.1) is 0 Å². The zero-order valence-corrected chi connectivity index (χ0v) is 14.5. The fraction of sp³-hybridized carbons (Fsp3) is 0.524. The van der Waals surface area contributed by atoms with E-state index in [9.17, 15) is 0 Å². The van der Waals surface area contributed by atoms with Gasteiger partial charge in [-0.25, -0.2) is 9.97 Å². The van der Waals surface area contributed by atoms with Gasteiger partial charge >= 0.3 is 0 Å². The number of fused-ring (bicyclic) bond motifs is 4. The van der Waals surface area contributed by atoms with Crippen LogP contribution in [0.4, 0.5) is 5.82 Å². The van der Waals surface area contributed by atoms with Crippen molar-refractivity contribution in [3.05, 3.63) is 52.5 Å². The van der Waals surface area contributed by atoms with Gasteiger partial charge < -0.3 is 4.90 Å². The van der Waals surface area contributed by atoms with Crippen molar-refractivity contribution in [2.45, 2.75) is 57.3 Å². The fourth-order valence-corrected chi connectivity index (χ4v) is 5.28. The highest BCUT2D eigenvalue weighted by Crippen LogP contribution is 2.51. The molecule has 3 aliphatic rings.